The summed E-state index contributed by atoms with van der Waals surface area (Å²) in [5.74, 6) is 0.0271. The number of carbonyl (C=O) groups is 1. The van der Waals surface area contributed by atoms with Gasteiger partial charge in [-0.05, 0) is 34.7 Å². The van der Waals surface area contributed by atoms with Crippen molar-refractivity contribution in [2.45, 2.75) is 6.42 Å². The quantitative estimate of drug-likeness (QED) is 0.495. The van der Waals surface area contributed by atoms with E-state index in [1.165, 1.54) is 22.3 Å². The lowest BCUT2D eigenvalue weighted by atomic mass is 10.0. The molecule has 0 radical (unpaired) electrons. The van der Waals surface area contributed by atoms with Crippen molar-refractivity contribution in [2.75, 3.05) is 5.88 Å². The van der Waals surface area contributed by atoms with Gasteiger partial charge in [-0.1, -0.05) is 36.4 Å². The summed E-state index contributed by atoms with van der Waals surface area (Å²) in [6.07, 6.45) is 0.959. The summed E-state index contributed by atoms with van der Waals surface area (Å²) in [7, 11) is 0. The number of halogens is 1. The van der Waals surface area contributed by atoms with Crippen molar-refractivity contribution < 1.29 is 4.79 Å². The van der Waals surface area contributed by atoms with Crippen LogP contribution in [0.3, 0.4) is 0 Å². The third-order valence-electron chi connectivity index (χ3n) is 3.24. The Labute approximate surface area is 105 Å². The molecule has 0 saturated heterocycles. The number of hydrogen-bond donors (Lipinski definition) is 0. The zero-order chi connectivity index (χ0) is 11.8. The van der Waals surface area contributed by atoms with Gasteiger partial charge in [0.2, 0.25) is 0 Å². The van der Waals surface area contributed by atoms with E-state index in [9.17, 15) is 4.79 Å². The van der Waals surface area contributed by atoms with Crippen LogP contribution in [-0.2, 0) is 6.42 Å². The minimum absolute atomic E-state index is 0.0150. The lowest BCUT2D eigenvalue weighted by molar-refractivity contribution is 0.102. The Morgan fingerprint density at radius 2 is 1.82 bits per heavy atom. The maximum absolute atomic E-state index is 11.6. The monoisotopic (exact) mass is 242 g/mol. The van der Waals surface area contributed by atoms with Gasteiger partial charge in [0.15, 0.2) is 5.78 Å². The number of hydrogen-bond acceptors (Lipinski definition) is 1. The van der Waals surface area contributed by atoms with Crippen molar-refractivity contribution in [2.24, 2.45) is 0 Å². The van der Waals surface area contributed by atoms with Gasteiger partial charge in [0.25, 0.3) is 0 Å². The second-order valence-electron chi connectivity index (χ2n) is 4.26. The highest BCUT2D eigenvalue weighted by Gasteiger charge is 2.18. The summed E-state index contributed by atoms with van der Waals surface area (Å²) in [6.45, 7) is 0. The lowest BCUT2D eigenvalue weighted by Crippen LogP contribution is -2.00. The number of ketones is 1. The van der Waals surface area contributed by atoms with E-state index in [-0.39, 0.29) is 11.7 Å². The van der Waals surface area contributed by atoms with Crippen LogP contribution in [0.2, 0.25) is 0 Å². The molecule has 0 atom stereocenters. The number of carbonyl (C=O) groups excluding carboxylic acids is 1. The van der Waals surface area contributed by atoms with Gasteiger partial charge >= 0.3 is 0 Å². The molecule has 1 nitrogen and oxygen atoms in total. The van der Waals surface area contributed by atoms with E-state index in [4.69, 9.17) is 11.6 Å². The third-order valence-corrected chi connectivity index (χ3v) is 3.48. The Bertz CT molecular complexity index is 602. The third kappa shape index (κ3) is 1.67. The van der Waals surface area contributed by atoms with E-state index in [0.717, 1.165) is 6.42 Å². The average molecular weight is 243 g/mol. The average Bonchev–Trinajstić information content (AvgIpc) is 2.75. The van der Waals surface area contributed by atoms with E-state index in [1.54, 1.807) is 0 Å². The summed E-state index contributed by atoms with van der Waals surface area (Å²) < 4.78 is 0. The van der Waals surface area contributed by atoms with Crippen LogP contribution in [0.25, 0.3) is 11.1 Å². The molecular weight excluding hydrogens is 232 g/mol. The minimum atomic E-state index is -0.0150. The molecule has 3 rings (SSSR count). The van der Waals surface area contributed by atoms with Gasteiger partial charge < -0.3 is 0 Å². The number of rotatable bonds is 2. The van der Waals surface area contributed by atoms with Crippen molar-refractivity contribution >= 4 is 17.4 Å². The zero-order valence-corrected chi connectivity index (χ0v) is 10.00. The molecule has 0 aromatic heterocycles. The number of Topliss-reactive ketones (excluding diaryl/α,β-unsaturated/α-hetero) is 1. The molecule has 2 heteroatoms. The van der Waals surface area contributed by atoms with E-state index in [1.807, 2.05) is 24.3 Å². The predicted octanol–water partition coefficient (Wildman–Crippen LogP) is 3.68. The Morgan fingerprint density at radius 3 is 2.65 bits per heavy atom. The molecule has 0 fully saturated rings. The van der Waals surface area contributed by atoms with Crippen LogP contribution in [0.1, 0.15) is 21.5 Å². The highest BCUT2D eigenvalue weighted by Crippen LogP contribution is 2.36. The van der Waals surface area contributed by atoms with Gasteiger partial charge in [-0.25, -0.2) is 0 Å². The first-order chi connectivity index (χ1) is 8.29. The van der Waals surface area contributed by atoms with Gasteiger partial charge in [-0.15, -0.1) is 11.6 Å². The first kappa shape index (κ1) is 10.5. The number of alkyl halides is 1. The molecule has 1 aliphatic rings. The van der Waals surface area contributed by atoms with Crippen molar-refractivity contribution in [1.82, 2.24) is 0 Å². The molecule has 1 aliphatic carbocycles. The van der Waals surface area contributed by atoms with Crippen molar-refractivity contribution in [3.63, 3.8) is 0 Å². The Hall–Kier alpha value is -1.60. The van der Waals surface area contributed by atoms with E-state index in [0.29, 0.717) is 5.56 Å². The first-order valence-corrected chi connectivity index (χ1v) is 6.13. The second kappa shape index (κ2) is 4.01. The maximum atomic E-state index is 11.6. The number of benzene rings is 2. The Kier molecular flexibility index (Phi) is 2.49. The van der Waals surface area contributed by atoms with Gasteiger partial charge in [0.1, 0.15) is 0 Å². The first-order valence-electron chi connectivity index (χ1n) is 5.60. The zero-order valence-electron chi connectivity index (χ0n) is 9.24. The molecule has 0 unspecified atom stereocenters. The largest absolute Gasteiger partial charge is 0.293 e. The summed E-state index contributed by atoms with van der Waals surface area (Å²) >= 11 is 5.59. The summed E-state index contributed by atoms with van der Waals surface area (Å²) in [5, 5.41) is 0. The van der Waals surface area contributed by atoms with Gasteiger partial charge in [-0.2, -0.15) is 0 Å². The molecule has 0 amide bonds. The Morgan fingerprint density at radius 1 is 1.06 bits per heavy atom. The summed E-state index contributed by atoms with van der Waals surface area (Å²) in [6, 6.07) is 14.2. The molecule has 2 aromatic carbocycles. The van der Waals surface area contributed by atoms with Gasteiger partial charge in [0.05, 0.1) is 5.88 Å². The van der Waals surface area contributed by atoms with Crippen LogP contribution >= 0.6 is 11.6 Å². The fourth-order valence-electron chi connectivity index (χ4n) is 2.37. The van der Waals surface area contributed by atoms with Crippen LogP contribution in [0, 0.1) is 0 Å². The molecular formula is C15H11ClO. The fraction of sp³-hybridized carbons (Fsp3) is 0.133. The van der Waals surface area contributed by atoms with Crippen LogP contribution in [-0.4, -0.2) is 11.7 Å². The predicted molar refractivity (Wildman–Crippen MR) is 69.7 cm³/mol. The molecule has 84 valence electrons. The molecule has 0 saturated carbocycles. The smallest absolute Gasteiger partial charge is 0.177 e. The van der Waals surface area contributed by atoms with E-state index < -0.39 is 0 Å². The van der Waals surface area contributed by atoms with Crippen molar-refractivity contribution in [3.8, 4) is 11.1 Å². The van der Waals surface area contributed by atoms with Gasteiger partial charge in [0, 0.05) is 5.56 Å². The fourth-order valence-corrected chi connectivity index (χ4v) is 2.53. The van der Waals surface area contributed by atoms with Crippen LogP contribution in [0.15, 0.2) is 42.5 Å². The molecule has 17 heavy (non-hydrogen) atoms. The summed E-state index contributed by atoms with van der Waals surface area (Å²) in [4.78, 5) is 11.6. The maximum Gasteiger partial charge on any atom is 0.177 e. The highest BCUT2D eigenvalue weighted by atomic mass is 35.5. The SMILES string of the molecule is O=C(CCl)c1ccc2c(c1)-c1ccccc1C2. The lowest BCUT2D eigenvalue weighted by Gasteiger charge is -2.03. The normalized spacial score (nSPS) is 12.1. The highest BCUT2D eigenvalue weighted by molar-refractivity contribution is 6.30. The van der Waals surface area contributed by atoms with Crippen LogP contribution < -0.4 is 0 Å². The molecule has 0 heterocycles. The Balaban J connectivity index is 2.15. The van der Waals surface area contributed by atoms with Crippen LogP contribution in [0.4, 0.5) is 0 Å². The van der Waals surface area contributed by atoms with Crippen LogP contribution in [0.5, 0.6) is 0 Å². The standard InChI is InChI=1S/C15H11ClO/c16-9-15(17)12-6-5-11-7-10-3-1-2-4-13(10)14(11)8-12/h1-6,8H,7,9H2. The molecule has 0 aliphatic heterocycles. The molecule has 2 aromatic rings. The van der Waals surface area contributed by atoms with E-state index >= 15 is 0 Å². The van der Waals surface area contributed by atoms with Crippen molar-refractivity contribution in [3.05, 3.63) is 59.2 Å². The number of fused-ring (bicyclic) bond motifs is 3. The minimum Gasteiger partial charge on any atom is -0.293 e. The topological polar surface area (TPSA) is 17.1 Å². The second-order valence-corrected chi connectivity index (χ2v) is 4.53. The van der Waals surface area contributed by atoms with Gasteiger partial charge in [-0.3, -0.25) is 4.79 Å². The summed E-state index contributed by atoms with van der Waals surface area (Å²) in [5.41, 5.74) is 5.74. The van der Waals surface area contributed by atoms with Crippen molar-refractivity contribution in [1.29, 1.82) is 0 Å². The molecule has 0 spiro atoms. The molecule has 0 N–H and O–H groups in total. The molecule has 0 bridgehead atoms. The van der Waals surface area contributed by atoms with E-state index in [2.05, 4.69) is 18.2 Å².